The summed E-state index contributed by atoms with van der Waals surface area (Å²) in [5, 5.41) is 2.44. The Bertz CT molecular complexity index is 605. The summed E-state index contributed by atoms with van der Waals surface area (Å²) < 4.78 is 55.5. The summed E-state index contributed by atoms with van der Waals surface area (Å²) in [4.78, 5) is 25.3. The molecule has 0 bridgehead atoms. The van der Waals surface area contributed by atoms with E-state index in [1.807, 2.05) is 0 Å². The summed E-state index contributed by atoms with van der Waals surface area (Å²) in [6.45, 7) is 0. The van der Waals surface area contributed by atoms with Crippen LogP contribution < -0.4 is 5.32 Å². The van der Waals surface area contributed by atoms with Crippen LogP contribution in [0.15, 0.2) is 23.2 Å². The minimum absolute atomic E-state index is 0.0206. The fourth-order valence-electron chi connectivity index (χ4n) is 1.38. The molecule has 0 spiro atoms. The number of aliphatic imine (C=N–C) groups is 1. The smallest absolute Gasteiger partial charge is 0.419 e. The maximum Gasteiger partial charge on any atom is 0.419 e. The Balaban J connectivity index is 2.51. The topological polar surface area (TPSA) is 67.8 Å². The minimum Gasteiger partial charge on any atom is -0.469 e. The van der Waals surface area contributed by atoms with Gasteiger partial charge in [-0.25, -0.2) is 9.38 Å². The first-order valence-electron chi connectivity index (χ1n) is 6.09. The Labute approximate surface area is 133 Å². The van der Waals surface area contributed by atoms with Crippen molar-refractivity contribution >= 4 is 34.9 Å². The van der Waals surface area contributed by atoms with Gasteiger partial charge in [0.15, 0.2) is 5.82 Å². The number of alkyl halides is 3. The number of esters is 1. The second kappa shape index (κ2) is 8.51. The fourth-order valence-corrected chi connectivity index (χ4v) is 1.89. The van der Waals surface area contributed by atoms with Crippen molar-refractivity contribution < 1.29 is 31.9 Å². The van der Waals surface area contributed by atoms with Gasteiger partial charge in [0.05, 0.1) is 29.8 Å². The predicted octanol–water partition coefficient (Wildman–Crippen LogP) is 3.07. The molecule has 1 amide bonds. The standard InChI is InChI=1S/C13H12F4N2O3S/c1-22-11(21)5-10(20)19-7-23-6-18-9-4-2-3-8(12(9)14)13(15,16)17/h2-4,7,18H,5-6H2,1H3. The van der Waals surface area contributed by atoms with E-state index in [0.29, 0.717) is 6.07 Å². The van der Waals surface area contributed by atoms with E-state index in [1.165, 1.54) is 0 Å². The Morgan fingerprint density at radius 3 is 2.70 bits per heavy atom. The van der Waals surface area contributed by atoms with E-state index in [2.05, 4.69) is 15.0 Å². The molecule has 0 atom stereocenters. The van der Waals surface area contributed by atoms with Crippen LogP contribution in [0.2, 0.25) is 0 Å². The number of hydrogen-bond acceptors (Lipinski definition) is 5. The zero-order valence-corrected chi connectivity index (χ0v) is 12.6. The summed E-state index contributed by atoms with van der Waals surface area (Å²) in [5.41, 5.74) is -0.583. The van der Waals surface area contributed by atoms with Crippen LogP contribution in [0.1, 0.15) is 12.0 Å². The summed E-state index contributed by atoms with van der Waals surface area (Å²) >= 11 is 0.910. The van der Waals surface area contributed by atoms with Gasteiger partial charge in [0.25, 0.3) is 5.91 Å². The van der Waals surface area contributed by atoms with E-state index >= 15 is 0 Å². The molecule has 0 aliphatic heterocycles. The molecule has 0 aromatic heterocycles. The number of nitrogens with zero attached hydrogens (tertiary/aromatic N) is 1. The fraction of sp³-hybridized carbons (Fsp3) is 0.308. The van der Waals surface area contributed by atoms with Gasteiger partial charge in [-0.1, -0.05) is 17.8 Å². The van der Waals surface area contributed by atoms with Crippen molar-refractivity contribution in [2.75, 3.05) is 18.3 Å². The molecular formula is C13H12F4N2O3S. The van der Waals surface area contributed by atoms with E-state index in [9.17, 15) is 27.2 Å². The number of benzene rings is 1. The zero-order chi connectivity index (χ0) is 17.5. The van der Waals surface area contributed by atoms with Crippen molar-refractivity contribution in [2.45, 2.75) is 12.6 Å². The van der Waals surface area contributed by atoms with E-state index in [4.69, 9.17) is 0 Å². The van der Waals surface area contributed by atoms with Crippen LogP contribution in [0.3, 0.4) is 0 Å². The largest absolute Gasteiger partial charge is 0.469 e. The van der Waals surface area contributed by atoms with Crippen LogP contribution >= 0.6 is 11.8 Å². The molecule has 0 heterocycles. The maximum absolute atomic E-state index is 13.7. The Morgan fingerprint density at radius 1 is 1.39 bits per heavy atom. The van der Waals surface area contributed by atoms with Crippen LogP contribution in [-0.2, 0) is 20.5 Å². The highest BCUT2D eigenvalue weighted by Crippen LogP contribution is 2.33. The first-order chi connectivity index (χ1) is 10.8. The molecule has 126 valence electrons. The number of amides is 1. The molecule has 1 aromatic rings. The second-order valence-corrected chi connectivity index (χ2v) is 4.87. The van der Waals surface area contributed by atoms with Gasteiger partial charge >= 0.3 is 12.1 Å². The van der Waals surface area contributed by atoms with E-state index in [1.54, 1.807) is 0 Å². The maximum atomic E-state index is 13.7. The van der Waals surface area contributed by atoms with E-state index < -0.39 is 35.9 Å². The number of carbonyl (C=O) groups is 2. The summed E-state index contributed by atoms with van der Waals surface area (Å²) in [5.74, 6) is -2.89. The first-order valence-corrected chi connectivity index (χ1v) is 7.14. The molecule has 0 aliphatic carbocycles. The summed E-state index contributed by atoms with van der Waals surface area (Å²) in [7, 11) is 1.13. The molecule has 0 unspecified atom stereocenters. The van der Waals surface area contributed by atoms with Gasteiger partial charge in [0, 0.05) is 0 Å². The number of rotatable bonds is 6. The summed E-state index contributed by atoms with van der Waals surface area (Å²) in [6.07, 6.45) is -5.29. The lowest BCUT2D eigenvalue weighted by molar-refractivity contribution is -0.143. The quantitative estimate of drug-likeness (QED) is 0.162. The van der Waals surface area contributed by atoms with Gasteiger partial charge < -0.3 is 10.1 Å². The van der Waals surface area contributed by atoms with Crippen molar-refractivity contribution in [3.63, 3.8) is 0 Å². The molecule has 23 heavy (non-hydrogen) atoms. The second-order valence-electron chi connectivity index (χ2n) is 4.03. The normalized spacial score (nSPS) is 11.5. The molecule has 1 N–H and O–H groups in total. The van der Waals surface area contributed by atoms with Crippen LogP contribution in [0.5, 0.6) is 0 Å². The number of ether oxygens (including phenoxy) is 1. The third-order valence-corrected chi connectivity index (χ3v) is 3.01. The Kier molecular flexibility index (Phi) is 7.01. The highest BCUT2D eigenvalue weighted by atomic mass is 32.2. The highest BCUT2D eigenvalue weighted by molar-refractivity contribution is 8.12. The van der Waals surface area contributed by atoms with Crippen molar-refractivity contribution in [3.05, 3.63) is 29.6 Å². The Morgan fingerprint density at radius 2 is 2.09 bits per heavy atom. The number of carbonyl (C=O) groups excluding carboxylic acids is 2. The molecule has 0 fully saturated rings. The number of hydrogen-bond donors (Lipinski definition) is 1. The van der Waals surface area contributed by atoms with Crippen LogP contribution in [0.25, 0.3) is 0 Å². The number of nitrogens with one attached hydrogen (secondary N) is 1. The minimum atomic E-state index is -4.78. The van der Waals surface area contributed by atoms with Gasteiger partial charge in [-0.2, -0.15) is 13.2 Å². The van der Waals surface area contributed by atoms with Crippen LogP contribution in [0.4, 0.5) is 23.2 Å². The SMILES string of the molecule is COC(=O)CC(=O)N=CSCNc1cccc(C(F)(F)F)c1F. The molecule has 1 aromatic carbocycles. The van der Waals surface area contributed by atoms with Gasteiger partial charge in [0.1, 0.15) is 6.42 Å². The molecule has 10 heteroatoms. The molecule has 1 rings (SSSR count). The van der Waals surface area contributed by atoms with Gasteiger partial charge in [0.2, 0.25) is 0 Å². The number of thioether (sulfide) groups is 1. The van der Waals surface area contributed by atoms with E-state index in [-0.39, 0.29) is 11.6 Å². The van der Waals surface area contributed by atoms with Gasteiger partial charge in [-0.3, -0.25) is 9.59 Å². The highest BCUT2D eigenvalue weighted by Gasteiger charge is 2.34. The van der Waals surface area contributed by atoms with Crippen LogP contribution in [0, 0.1) is 5.82 Å². The average Bonchev–Trinajstić information content (AvgIpc) is 2.47. The van der Waals surface area contributed by atoms with Crippen molar-refractivity contribution in [1.29, 1.82) is 0 Å². The lowest BCUT2D eigenvalue weighted by Crippen LogP contribution is -2.10. The molecule has 0 aliphatic rings. The van der Waals surface area contributed by atoms with Gasteiger partial charge in [-0.05, 0) is 12.1 Å². The molecule has 0 saturated carbocycles. The molecule has 5 nitrogen and oxygen atoms in total. The lowest BCUT2D eigenvalue weighted by Gasteiger charge is -2.11. The van der Waals surface area contributed by atoms with Crippen LogP contribution in [-0.4, -0.2) is 30.4 Å². The number of anilines is 1. The molecule has 0 saturated heterocycles. The van der Waals surface area contributed by atoms with Crippen molar-refractivity contribution in [2.24, 2.45) is 4.99 Å². The van der Waals surface area contributed by atoms with E-state index in [0.717, 1.165) is 36.6 Å². The average molecular weight is 352 g/mol. The number of methoxy groups -OCH3 is 1. The third kappa shape index (κ3) is 6.27. The van der Waals surface area contributed by atoms with Crippen molar-refractivity contribution in [3.8, 4) is 0 Å². The summed E-state index contributed by atoms with van der Waals surface area (Å²) in [6, 6.07) is 2.87. The monoisotopic (exact) mass is 352 g/mol. The zero-order valence-electron chi connectivity index (χ0n) is 11.8. The Hall–Kier alpha value is -2.10. The molecule has 0 radical (unpaired) electrons. The predicted molar refractivity (Wildman–Crippen MR) is 77.6 cm³/mol. The number of halogens is 4. The third-order valence-electron chi connectivity index (χ3n) is 2.44. The molecular weight excluding hydrogens is 340 g/mol. The van der Waals surface area contributed by atoms with Gasteiger partial charge in [-0.15, -0.1) is 0 Å². The van der Waals surface area contributed by atoms with Crippen molar-refractivity contribution in [1.82, 2.24) is 0 Å². The first kappa shape index (κ1) is 18.9. The lowest BCUT2D eigenvalue weighted by atomic mass is 10.2.